The minimum atomic E-state index is -0.188. The number of amides is 2. The maximum atomic E-state index is 11.8. The van der Waals surface area contributed by atoms with Gasteiger partial charge in [0.15, 0.2) is 0 Å². The summed E-state index contributed by atoms with van der Waals surface area (Å²) in [5.74, 6) is 0. The highest BCUT2D eigenvalue weighted by molar-refractivity contribution is 5.78. The van der Waals surface area contributed by atoms with E-state index >= 15 is 0 Å². The molecule has 0 unspecified atom stereocenters. The Kier molecular flexibility index (Phi) is 6.46. The molecule has 0 radical (unpaired) electrons. The van der Waals surface area contributed by atoms with E-state index < -0.39 is 0 Å². The number of nitrogens with one attached hydrogen (secondary N) is 3. The quantitative estimate of drug-likeness (QED) is 0.517. The van der Waals surface area contributed by atoms with Crippen molar-refractivity contribution in [1.82, 2.24) is 15.5 Å². The first-order valence-electron chi connectivity index (χ1n) is 7.61. The zero-order valence-corrected chi connectivity index (χ0v) is 13.4. The summed E-state index contributed by atoms with van der Waals surface area (Å²) in [4.78, 5) is 14.2. The van der Waals surface area contributed by atoms with Gasteiger partial charge in [-0.2, -0.15) is 0 Å². The second-order valence-corrected chi connectivity index (χ2v) is 6.87. The summed E-state index contributed by atoms with van der Waals surface area (Å²) in [6.45, 7) is 10.9. The molecular weight excluding hydrogens is 252 g/mol. The summed E-state index contributed by atoms with van der Waals surface area (Å²) in [6.07, 6.45) is 4.16. The summed E-state index contributed by atoms with van der Waals surface area (Å²) in [5.41, 5.74) is 0.581. The van der Waals surface area contributed by atoms with Crippen molar-refractivity contribution >= 4 is 11.7 Å². The van der Waals surface area contributed by atoms with Crippen LogP contribution in [0.25, 0.3) is 0 Å². The molecular formula is C15H30N4O. The number of likely N-dealkylation sites (tertiary alicyclic amines) is 1. The molecule has 3 N–H and O–H groups in total. The molecule has 1 aliphatic rings. The SMILES string of the molecule is CC(=N)CCCCN1CC[C@@H](NC(=O)NC(C)(C)C)C1. The van der Waals surface area contributed by atoms with E-state index in [9.17, 15) is 4.79 Å². The van der Waals surface area contributed by atoms with Gasteiger partial charge in [-0.3, -0.25) is 0 Å². The van der Waals surface area contributed by atoms with Crippen molar-refractivity contribution in [2.24, 2.45) is 0 Å². The van der Waals surface area contributed by atoms with E-state index in [1.165, 1.54) is 0 Å². The monoisotopic (exact) mass is 282 g/mol. The zero-order chi connectivity index (χ0) is 15.2. The molecule has 116 valence electrons. The first kappa shape index (κ1) is 17.0. The number of hydrogen-bond acceptors (Lipinski definition) is 3. The normalized spacial score (nSPS) is 19.9. The van der Waals surface area contributed by atoms with Crippen molar-refractivity contribution in [2.75, 3.05) is 19.6 Å². The minimum Gasteiger partial charge on any atom is -0.334 e. The molecule has 0 aliphatic carbocycles. The molecule has 1 saturated heterocycles. The second kappa shape index (κ2) is 7.62. The van der Waals surface area contributed by atoms with Crippen LogP contribution in [0.1, 0.15) is 53.4 Å². The van der Waals surface area contributed by atoms with E-state index in [1.807, 2.05) is 27.7 Å². The fourth-order valence-corrected chi connectivity index (χ4v) is 2.44. The van der Waals surface area contributed by atoms with Crippen LogP contribution in [-0.4, -0.2) is 47.9 Å². The smallest absolute Gasteiger partial charge is 0.315 e. The van der Waals surface area contributed by atoms with E-state index in [0.29, 0.717) is 0 Å². The third-order valence-electron chi connectivity index (χ3n) is 3.37. The number of rotatable bonds is 6. The molecule has 20 heavy (non-hydrogen) atoms. The molecule has 1 fully saturated rings. The first-order chi connectivity index (χ1) is 9.26. The van der Waals surface area contributed by atoms with Crippen molar-refractivity contribution in [2.45, 2.75) is 65.0 Å². The third kappa shape index (κ3) is 7.48. The number of carbonyl (C=O) groups is 1. The van der Waals surface area contributed by atoms with Crippen molar-refractivity contribution in [3.8, 4) is 0 Å². The maximum Gasteiger partial charge on any atom is 0.315 e. The third-order valence-corrected chi connectivity index (χ3v) is 3.37. The molecule has 2 amide bonds. The lowest BCUT2D eigenvalue weighted by molar-refractivity contribution is 0.227. The molecule has 0 saturated carbocycles. The van der Waals surface area contributed by atoms with Gasteiger partial charge in [-0.15, -0.1) is 0 Å². The van der Waals surface area contributed by atoms with Gasteiger partial charge in [0.05, 0.1) is 0 Å². The second-order valence-electron chi connectivity index (χ2n) is 6.87. The van der Waals surface area contributed by atoms with Gasteiger partial charge in [0.25, 0.3) is 0 Å². The number of hydrogen-bond donors (Lipinski definition) is 3. The van der Waals surface area contributed by atoms with Crippen LogP contribution in [0.3, 0.4) is 0 Å². The standard InChI is InChI=1S/C15H30N4O/c1-12(16)7-5-6-9-19-10-8-13(11-19)17-14(20)18-15(2,3)4/h13,16H,5-11H2,1-4H3,(H2,17,18,20)/t13-/m1/s1. The molecule has 5 heteroatoms. The highest BCUT2D eigenvalue weighted by atomic mass is 16.2. The largest absolute Gasteiger partial charge is 0.334 e. The van der Waals surface area contributed by atoms with Gasteiger partial charge >= 0.3 is 6.03 Å². The van der Waals surface area contributed by atoms with E-state index in [4.69, 9.17) is 5.41 Å². The number of urea groups is 1. The molecule has 0 aromatic heterocycles. The minimum absolute atomic E-state index is 0.0659. The molecule has 1 heterocycles. The number of unbranched alkanes of at least 4 members (excludes halogenated alkanes) is 1. The molecule has 1 rings (SSSR count). The summed E-state index contributed by atoms with van der Waals surface area (Å²) in [5, 5.41) is 13.4. The Labute approximate surface area is 123 Å². The number of carbonyl (C=O) groups excluding carboxylic acids is 1. The van der Waals surface area contributed by atoms with Gasteiger partial charge in [0, 0.05) is 30.4 Å². The fourth-order valence-electron chi connectivity index (χ4n) is 2.44. The lowest BCUT2D eigenvalue weighted by Gasteiger charge is -2.23. The van der Waals surface area contributed by atoms with Crippen molar-refractivity contribution in [3.05, 3.63) is 0 Å². The Morgan fingerprint density at radius 1 is 1.35 bits per heavy atom. The molecule has 0 aromatic rings. The predicted octanol–water partition coefficient (Wildman–Crippen LogP) is 2.37. The van der Waals surface area contributed by atoms with Crippen LogP contribution in [0, 0.1) is 5.41 Å². The van der Waals surface area contributed by atoms with E-state index in [2.05, 4.69) is 15.5 Å². The van der Waals surface area contributed by atoms with Crippen LogP contribution < -0.4 is 10.6 Å². The highest BCUT2D eigenvalue weighted by Crippen LogP contribution is 2.11. The maximum absolute atomic E-state index is 11.8. The lowest BCUT2D eigenvalue weighted by Crippen LogP contribution is -2.50. The highest BCUT2D eigenvalue weighted by Gasteiger charge is 2.24. The van der Waals surface area contributed by atoms with Gasteiger partial charge in [0.2, 0.25) is 0 Å². The van der Waals surface area contributed by atoms with Gasteiger partial charge < -0.3 is 20.9 Å². The molecule has 0 spiro atoms. The Hall–Kier alpha value is -1.10. The van der Waals surface area contributed by atoms with Crippen molar-refractivity contribution in [3.63, 3.8) is 0 Å². The lowest BCUT2D eigenvalue weighted by atomic mass is 10.1. The Bertz CT molecular complexity index is 335. The van der Waals surface area contributed by atoms with Crippen LogP contribution >= 0.6 is 0 Å². The van der Waals surface area contributed by atoms with Crippen LogP contribution in [0.15, 0.2) is 0 Å². The average molecular weight is 282 g/mol. The van der Waals surface area contributed by atoms with Crippen LogP contribution in [0.4, 0.5) is 4.79 Å². The van der Waals surface area contributed by atoms with Crippen molar-refractivity contribution in [1.29, 1.82) is 5.41 Å². The fraction of sp³-hybridized carbons (Fsp3) is 0.867. The van der Waals surface area contributed by atoms with E-state index in [-0.39, 0.29) is 17.6 Å². The molecule has 0 aromatic carbocycles. The summed E-state index contributed by atoms with van der Waals surface area (Å²) < 4.78 is 0. The zero-order valence-electron chi connectivity index (χ0n) is 13.4. The van der Waals surface area contributed by atoms with Gasteiger partial charge in [-0.25, -0.2) is 4.79 Å². The Morgan fingerprint density at radius 3 is 2.65 bits per heavy atom. The van der Waals surface area contributed by atoms with Gasteiger partial charge in [-0.05, 0) is 59.9 Å². The summed E-state index contributed by atoms with van der Waals surface area (Å²) >= 11 is 0. The van der Waals surface area contributed by atoms with E-state index in [1.54, 1.807) is 0 Å². The average Bonchev–Trinajstić information content (AvgIpc) is 2.69. The summed E-state index contributed by atoms with van der Waals surface area (Å²) in [7, 11) is 0. The summed E-state index contributed by atoms with van der Waals surface area (Å²) in [6, 6.07) is 0.200. The van der Waals surface area contributed by atoms with Crippen LogP contribution in [-0.2, 0) is 0 Å². The van der Waals surface area contributed by atoms with Gasteiger partial charge in [0.1, 0.15) is 0 Å². The molecule has 1 atom stereocenters. The van der Waals surface area contributed by atoms with Crippen molar-refractivity contribution < 1.29 is 4.79 Å². The molecule has 1 aliphatic heterocycles. The van der Waals surface area contributed by atoms with Gasteiger partial charge in [-0.1, -0.05) is 0 Å². The van der Waals surface area contributed by atoms with Crippen LogP contribution in [0.2, 0.25) is 0 Å². The van der Waals surface area contributed by atoms with E-state index in [0.717, 1.165) is 51.0 Å². The predicted molar refractivity (Wildman–Crippen MR) is 83.5 cm³/mol. The topological polar surface area (TPSA) is 68.2 Å². The van der Waals surface area contributed by atoms with Crippen LogP contribution in [0.5, 0.6) is 0 Å². The Balaban J connectivity index is 2.16. The molecule has 0 bridgehead atoms. The first-order valence-corrected chi connectivity index (χ1v) is 7.61. The number of nitrogens with zero attached hydrogens (tertiary/aromatic N) is 1. The Morgan fingerprint density at radius 2 is 2.05 bits per heavy atom. The molecule has 5 nitrogen and oxygen atoms in total.